The van der Waals surface area contributed by atoms with Gasteiger partial charge in [0.05, 0.1) is 17.1 Å². The molecule has 2 rings (SSSR count). The Morgan fingerprint density at radius 2 is 2.38 bits per heavy atom. The first-order valence-electron chi connectivity index (χ1n) is 4.83. The summed E-state index contributed by atoms with van der Waals surface area (Å²) >= 11 is 5.99. The summed E-state index contributed by atoms with van der Waals surface area (Å²) in [6.07, 6.45) is 2.01. The monoisotopic (exact) mass is 239 g/mol. The fourth-order valence-corrected chi connectivity index (χ4v) is 1.84. The highest BCUT2D eigenvalue weighted by molar-refractivity contribution is 6.34. The lowest BCUT2D eigenvalue weighted by Gasteiger charge is -2.06. The quantitative estimate of drug-likeness (QED) is 0.895. The van der Waals surface area contributed by atoms with E-state index in [1.165, 1.54) is 0 Å². The van der Waals surface area contributed by atoms with E-state index >= 15 is 0 Å². The molecule has 0 fully saturated rings. The van der Waals surface area contributed by atoms with Gasteiger partial charge in [0.25, 0.3) is 0 Å². The molecule has 1 heterocycles. The van der Waals surface area contributed by atoms with E-state index in [1.54, 1.807) is 19.2 Å². The normalized spacial score (nSPS) is 12.9. The molecule has 0 aliphatic rings. The predicted octanol–water partition coefficient (Wildman–Crippen LogP) is 2.74. The molecular weight excluding hydrogens is 230 g/mol. The lowest BCUT2D eigenvalue weighted by atomic mass is 10.0. The van der Waals surface area contributed by atoms with Gasteiger partial charge in [-0.25, -0.2) is 0 Å². The first kappa shape index (κ1) is 11.0. The minimum Gasteiger partial charge on any atom is -0.481 e. The van der Waals surface area contributed by atoms with Crippen molar-refractivity contribution in [2.75, 3.05) is 0 Å². The van der Waals surface area contributed by atoms with Crippen molar-refractivity contribution in [1.29, 1.82) is 0 Å². The SMILES string of the molecule is CC(Cc1cc(Cl)c2oncc2c1)C(=O)O. The molecule has 1 aromatic carbocycles. The Morgan fingerprint density at radius 3 is 3.06 bits per heavy atom. The van der Waals surface area contributed by atoms with Gasteiger partial charge in [-0.2, -0.15) is 0 Å². The largest absolute Gasteiger partial charge is 0.481 e. The Balaban J connectivity index is 2.35. The van der Waals surface area contributed by atoms with Crippen LogP contribution in [0.4, 0.5) is 0 Å². The van der Waals surface area contributed by atoms with Crippen molar-refractivity contribution in [3.05, 3.63) is 28.9 Å². The Labute approximate surface area is 96.8 Å². The smallest absolute Gasteiger partial charge is 0.306 e. The second-order valence-corrected chi connectivity index (χ2v) is 4.17. The van der Waals surface area contributed by atoms with Crippen LogP contribution in [-0.4, -0.2) is 16.2 Å². The van der Waals surface area contributed by atoms with Crippen molar-refractivity contribution in [3.63, 3.8) is 0 Å². The van der Waals surface area contributed by atoms with Gasteiger partial charge >= 0.3 is 5.97 Å². The fourth-order valence-electron chi connectivity index (χ4n) is 1.56. The molecule has 0 aliphatic heterocycles. The first-order valence-corrected chi connectivity index (χ1v) is 5.21. The van der Waals surface area contributed by atoms with Gasteiger partial charge in [0.2, 0.25) is 0 Å². The standard InChI is InChI=1S/C11H10ClNO3/c1-6(11(14)15)2-7-3-8-5-13-16-10(8)9(12)4-7/h3-6H,2H2,1H3,(H,14,15). The van der Waals surface area contributed by atoms with E-state index in [0.29, 0.717) is 17.0 Å². The molecule has 16 heavy (non-hydrogen) atoms. The second kappa shape index (κ2) is 4.14. The molecule has 4 nitrogen and oxygen atoms in total. The third kappa shape index (κ3) is 2.02. The highest BCUT2D eigenvalue weighted by Gasteiger charge is 2.14. The highest BCUT2D eigenvalue weighted by Crippen LogP contribution is 2.26. The molecule has 1 unspecified atom stereocenters. The third-order valence-corrected chi connectivity index (χ3v) is 2.71. The van der Waals surface area contributed by atoms with Gasteiger partial charge in [-0.1, -0.05) is 23.7 Å². The van der Waals surface area contributed by atoms with E-state index < -0.39 is 11.9 Å². The van der Waals surface area contributed by atoms with Crippen LogP contribution in [0.3, 0.4) is 0 Å². The van der Waals surface area contributed by atoms with Crippen LogP contribution in [0, 0.1) is 5.92 Å². The Kier molecular flexibility index (Phi) is 2.83. The number of benzene rings is 1. The number of rotatable bonds is 3. The molecule has 5 heteroatoms. The fraction of sp³-hybridized carbons (Fsp3) is 0.273. The van der Waals surface area contributed by atoms with Gasteiger partial charge in [0.15, 0.2) is 5.58 Å². The topological polar surface area (TPSA) is 63.3 Å². The number of halogens is 1. The maximum atomic E-state index is 10.7. The number of carbonyl (C=O) groups is 1. The number of hydrogen-bond acceptors (Lipinski definition) is 3. The number of aromatic nitrogens is 1. The van der Waals surface area contributed by atoms with Gasteiger partial charge in [-0.05, 0) is 24.1 Å². The van der Waals surface area contributed by atoms with Crippen LogP contribution in [0.15, 0.2) is 22.9 Å². The minimum atomic E-state index is -0.818. The maximum absolute atomic E-state index is 10.7. The first-order chi connectivity index (χ1) is 7.58. The van der Waals surface area contributed by atoms with Gasteiger partial charge in [-0.3, -0.25) is 4.79 Å². The van der Waals surface area contributed by atoms with Crippen LogP contribution in [0.25, 0.3) is 11.0 Å². The van der Waals surface area contributed by atoms with E-state index in [1.807, 2.05) is 6.07 Å². The van der Waals surface area contributed by atoms with Crippen LogP contribution in [0.1, 0.15) is 12.5 Å². The number of hydrogen-bond donors (Lipinski definition) is 1. The van der Waals surface area contributed by atoms with Crippen LogP contribution >= 0.6 is 11.6 Å². The molecule has 2 aromatic rings. The molecule has 1 aromatic heterocycles. The molecule has 0 saturated carbocycles. The summed E-state index contributed by atoms with van der Waals surface area (Å²) in [6, 6.07) is 3.56. The second-order valence-electron chi connectivity index (χ2n) is 3.77. The molecule has 0 saturated heterocycles. The highest BCUT2D eigenvalue weighted by atomic mass is 35.5. The molecule has 0 bridgehead atoms. The summed E-state index contributed by atoms with van der Waals surface area (Å²) in [4.78, 5) is 10.7. The van der Waals surface area contributed by atoms with E-state index in [4.69, 9.17) is 21.2 Å². The van der Waals surface area contributed by atoms with Crippen molar-refractivity contribution in [2.24, 2.45) is 5.92 Å². The van der Waals surface area contributed by atoms with Gasteiger partial charge < -0.3 is 9.63 Å². The maximum Gasteiger partial charge on any atom is 0.306 e. The van der Waals surface area contributed by atoms with E-state index in [-0.39, 0.29) is 0 Å². The van der Waals surface area contributed by atoms with Crippen molar-refractivity contribution in [2.45, 2.75) is 13.3 Å². The van der Waals surface area contributed by atoms with E-state index in [0.717, 1.165) is 10.9 Å². The average molecular weight is 240 g/mol. The zero-order valence-electron chi connectivity index (χ0n) is 8.61. The molecular formula is C11H10ClNO3. The third-order valence-electron chi connectivity index (χ3n) is 2.43. The Morgan fingerprint density at radius 1 is 1.62 bits per heavy atom. The summed E-state index contributed by atoms with van der Waals surface area (Å²) in [5.74, 6) is -1.25. The number of fused-ring (bicyclic) bond motifs is 1. The number of carboxylic acid groups (broad SMARTS) is 1. The van der Waals surface area contributed by atoms with Crippen LogP contribution in [0.5, 0.6) is 0 Å². The summed E-state index contributed by atoms with van der Waals surface area (Å²) in [5.41, 5.74) is 1.41. The number of aliphatic carboxylic acids is 1. The van der Waals surface area contributed by atoms with Gasteiger partial charge in [0.1, 0.15) is 0 Å². The number of carboxylic acids is 1. The summed E-state index contributed by atoms with van der Waals surface area (Å²) < 4.78 is 4.96. The predicted molar refractivity (Wildman–Crippen MR) is 59.5 cm³/mol. The van der Waals surface area contributed by atoms with E-state index in [9.17, 15) is 4.79 Å². The Hall–Kier alpha value is -1.55. The molecule has 0 radical (unpaired) electrons. The number of nitrogens with zero attached hydrogens (tertiary/aromatic N) is 1. The molecule has 0 spiro atoms. The van der Waals surface area contributed by atoms with Crippen molar-refractivity contribution >= 4 is 28.5 Å². The zero-order valence-corrected chi connectivity index (χ0v) is 9.36. The van der Waals surface area contributed by atoms with E-state index in [2.05, 4.69) is 5.16 Å². The minimum absolute atomic E-state index is 0.437. The van der Waals surface area contributed by atoms with Gasteiger partial charge in [-0.15, -0.1) is 0 Å². The van der Waals surface area contributed by atoms with Crippen molar-refractivity contribution < 1.29 is 14.4 Å². The van der Waals surface area contributed by atoms with Crippen LogP contribution in [0.2, 0.25) is 5.02 Å². The Bertz CT molecular complexity index is 535. The van der Waals surface area contributed by atoms with Crippen molar-refractivity contribution in [3.8, 4) is 0 Å². The zero-order chi connectivity index (χ0) is 11.7. The van der Waals surface area contributed by atoms with Crippen LogP contribution < -0.4 is 0 Å². The molecule has 0 amide bonds. The molecule has 1 atom stereocenters. The summed E-state index contributed by atoms with van der Waals surface area (Å²) in [6.45, 7) is 1.66. The lowest BCUT2D eigenvalue weighted by Crippen LogP contribution is -2.12. The molecule has 0 aliphatic carbocycles. The summed E-state index contributed by atoms with van der Waals surface area (Å²) in [5, 5.41) is 13.7. The molecule has 84 valence electrons. The van der Waals surface area contributed by atoms with Gasteiger partial charge in [0, 0.05) is 5.39 Å². The average Bonchev–Trinajstić information content (AvgIpc) is 2.65. The lowest BCUT2D eigenvalue weighted by molar-refractivity contribution is -0.141. The molecule has 1 N–H and O–H groups in total. The van der Waals surface area contributed by atoms with Crippen molar-refractivity contribution in [1.82, 2.24) is 5.16 Å². The summed E-state index contributed by atoms with van der Waals surface area (Å²) in [7, 11) is 0. The van der Waals surface area contributed by atoms with Crippen LogP contribution in [-0.2, 0) is 11.2 Å².